The second-order valence-electron chi connectivity index (χ2n) is 4.71. The van der Waals surface area contributed by atoms with Crippen molar-refractivity contribution in [2.45, 2.75) is 32.4 Å². The SMILES string of the molecule is O=C(O)c1cccc(NCc2nnc3n2CCCC3)n1. The van der Waals surface area contributed by atoms with Crippen molar-refractivity contribution in [3.05, 3.63) is 35.5 Å². The third-order valence-electron chi connectivity index (χ3n) is 3.33. The van der Waals surface area contributed by atoms with Gasteiger partial charge in [0, 0.05) is 13.0 Å². The van der Waals surface area contributed by atoms with E-state index < -0.39 is 5.97 Å². The van der Waals surface area contributed by atoms with Crippen LogP contribution in [0.4, 0.5) is 5.82 Å². The number of aryl methyl sites for hydroxylation is 1. The molecule has 0 fully saturated rings. The largest absolute Gasteiger partial charge is 0.477 e. The predicted molar refractivity (Wildman–Crippen MR) is 71.5 cm³/mol. The molecule has 0 bridgehead atoms. The highest BCUT2D eigenvalue weighted by Crippen LogP contribution is 2.15. The lowest BCUT2D eigenvalue weighted by molar-refractivity contribution is 0.0690. The zero-order chi connectivity index (χ0) is 13.9. The number of fused-ring (bicyclic) bond motifs is 1. The fraction of sp³-hybridized carbons (Fsp3) is 0.385. The lowest BCUT2D eigenvalue weighted by Gasteiger charge is -2.15. The van der Waals surface area contributed by atoms with Crippen molar-refractivity contribution < 1.29 is 9.90 Å². The van der Waals surface area contributed by atoms with Gasteiger partial charge in [-0.25, -0.2) is 9.78 Å². The normalized spacial score (nSPS) is 13.8. The number of hydrogen-bond donors (Lipinski definition) is 2. The zero-order valence-corrected chi connectivity index (χ0v) is 10.9. The van der Waals surface area contributed by atoms with Gasteiger partial charge in [0.2, 0.25) is 0 Å². The van der Waals surface area contributed by atoms with E-state index in [1.165, 1.54) is 6.07 Å². The molecular formula is C13H15N5O2. The molecule has 0 unspecified atom stereocenters. The highest BCUT2D eigenvalue weighted by Gasteiger charge is 2.15. The van der Waals surface area contributed by atoms with Crippen LogP contribution in [0.15, 0.2) is 18.2 Å². The number of nitrogens with zero attached hydrogens (tertiary/aromatic N) is 4. The van der Waals surface area contributed by atoms with Crippen molar-refractivity contribution >= 4 is 11.8 Å². The monoisotopic (exact) mass is 273 g/mol. The highest BCUT2D eigenvalue weighted by atomic mass is 16.4. The fourth-order valence-corrected chi connectivity index (χ4v) is 2.32. The first-order valence-electron chi connectivity index (χ1n) is 6.59. The van der Waals surface area contributed by atoms with Gasteiger partial charge in [-0.2, -0.15) is 0 Å². The number of aromatic nitrogens is 4. The summed E-state index contributed by atoms with van der Waals surface area (Å²) in [5, 5.41) is 20.3. The van der Waals surface area contributed by atoms with Crippen molar-refractivity contribution in [1.82, 2.24) is 19.7 Å². The molecule has 0 saturated heterocycles. The minimum atomic E-state index is -1.03. The van der Waals surface area contributed by atoms with Crippen molar-refractivity contribution in [2.75, 3.05) is 5.32 Å². The predicted octanol–water partition coefficient (Wildman–Crippen LogP) is 1.32. The van der Waals surface area contributed by atoms with Gasteiger partial charge in [-0.15, -0.1) is 10.2 Å². The molecule has 0 amide bonds. The molecule has 7 nitrogen and oxygen atoms in total. The summed E-state index contributed by atoms with van der Waals surface area (Å²) in [5.74, 6) is 1.38. The molecule has 7 heteroatoms. The lowest BCUT2D eigenvalue weighted by Crippen LogP contribution is -2.15. The molecule has 1 aliphatic rings. The first-order valence-corrected chi connectivity index (χ1v) is 6.59. The molecule has 20 heavy (non-hydrogen) atoms. The summed E-state index contributed by atoms with van der Waals surface area (Å²) in [5.41, 5.74) is 0.0262. The fourth-order valence-electron chi connectivity index (χ4n) is 2.32. The molecule has 0 saturated carbocycles. The maximum atomic E-state index is 10.9. The second-order valence-corrected chi connectivity index (χ2v) is 4.71. The van der Waals surface area contributed by atoms with Crippen LogP contribution in [-0.4, -0.2) is 30.8 Å². The summed E-state index contributed by atoms with van der Waals surface area (Å²) in [6.07, 6.45) is 3.28. The van der Waals surface area contributed by atoms with Crippen molar-refractivity contribution in [1.29, 1.82) is 0 Å². The smallest absolute Gasteiger partial charge is 0.354 e. The summed E-state index contributed by atoms with van der Waals surface area (Å²) in [6.45, 7) is 1.44. The molecule has 3 heterocycles. The van der Waals surface area contributed by atoms with Crippen LogP contribution in [0, 0.1) is 0 Å². The van der Waals surface area contributed by atoms with Crippen LogP contribution in [-0.2, 0) is 19.5 Å². The Morgan fingerprint density at radius 3 is 3.10 bits per heavy atom. The standard InChI is InChI=1S/C13H15N5O2/c19-13(20)9-4-3-5-10(15-9)14-8-12-17-16-11-6-1-2-7-18(11)12/h3-5H,1-2,6-8H2,(H,14,15)(H,19,20). The number of carboxylic acid groups (broad SMARTS) is 1. The minimum Gasteiger partial charge on any atom is -0.477 e. The van der Waals surface area contributed by atoms with E-state index in [0.29, 0.717) is 12.4 Å². The molecule has 1 aliphatic heterocycles. The van der Waals surface area contributed by atoms with Gasteiger partial charge < -0.3 is 15.0 Å². The summed E-state index contributed by atoms with van der Waals surface area (Å²) in [4.78, 5) is 14.9. The van der Waals surface area contributed by atoms with Crippen LogP contribution in [0.1, 0.15) is 35.0 Å². The van der Waals surface area contributed by atoms with Crippen LogP contribution in [0.25, 0.3) is 0 Å². The lowest BCUT2D eigenvalue weighted by atomic mass is 10.2. The Balaban J connectivity index is 1.72. The van der Waals surface area contributed by atoms with Gasteiger partial charge in [-0.3, -0.25) is 0 Å². The average Bonchev–Trinajstić information content (AvgIpc) is 2.89. The number of carbonyl (C=O) groups is 1. The number of hydrogen-bond acceptors (Lipinski definition) is 5. The highest BCUT2D eigenvalue weighted by molar-refractivity contribution is 5.85. The Morgan fingerprint density at radius 2 is 2.25 bits per heavy atom. The third-order valence-corrected chi connectivity index (χ3v) is 3.33. The molecule has 0 spiro atoms. The Bertz CT molecular complexity index is 637. The summed E-state index contributed by atoms with van der Waals surface area (Å²) in [6, 6.07) is 4.87. The quantitative estimate of drug-likeness (QED) is 0.872. The molecule has 3 rings (SSSR count). The van der Waals surface area contributed by atoms with Crippen LogP contribution >= 0.6 is 0 Å². The Labute approximate surface area is 115 Å². The van der Waals surface area contributed by atoms with E-state index in [1.807, 2.05) is 0 Å². The van der Waals surface area contributed by atoms with Crippen LogP contribution in [0.3, 0.4) is 0 Å². The first kappa shape index (κ1) is 12.6. The molecule has 0 atom stereocenters. The summed E-state index contributed by atoms with van der Waals surface area (Å²) < 4.78 is 2.12. The van der Waals surface area contributed by atoms with Crippen LogP contribution in [0.2, 0.25) is 0 Å². The molecule has 0 aromatic carbocycles. The Kier molecular flexibility index (Phi) is 3.32. The van der Waals surface area contributed by atoms with Gasteiger partial charge in [0.1, 0.15) is 11.6 Å². The van der Waals surface area contributed by atoms with Crippen LogP contribution in [0.5, 0.6) is 0 Å². The van der Waals surface area contributed by atoms with E-state index in [0.717, 1.165) is 37.5 Å². The number of rotatable bonds is 4. The molecular weight excluding hydrogens is 258 g/mol. The second kappa shape index (κ2) is 5.28. The van der Waals surface area contributed by atoms with E-state index in [1.54, 1.807) is 12.1 Å². The van der Waals surface area contributed by atoms with Gasteiger partial charge in [0.25, 0.3) is 0 Å². The minimum absolute atomic E-state index is 0.0262. The number of nitrogens with one attached hydrogen (secondary N) is 1. The van der Waals surface area contributed by atoms with Crippen LogP contribution < -0.4 is 5.32 Å². The Hall–Kier alpha value is -2.44. The van der Waals surface area contributed by atoms with Crippen molar-refractivity contribution in [2.24, 2.45) is 0 Å². The molecule has 2 N–H and O–H groups in total. The van der Waals surface area contributed by atoms with Crippen molar-refractivity contribution in [3.63, 3.8) is 0 Å². The van der Waals surface area contributed by atoms with E-state index in [9.17, 15) is 4.79 Å². The average molecular weight is 273 g/mol. The van der Waals surface area contributed by atoms with E-state index in [4.69, 9.17) is 5.11 Å². The van der Waals surface area contributed by atoms with Gasteiger partial charge in [0.05, 0.1) is 6.54 Å². The van der Waals surface area contributed by atoms with Gasteiger partial charge in [-0.05, 0) is 25.0 Å². The van der Waals surface area contributed by atoms with E-state index in [2.05, 4.69) is 25.1 Å². The first-order chi connectivity index (χ1) is 9.74. The number of aromatic carboxylic acids is 1. The zero-order valence-electron chi connectivity index (χ0n) is 10.9. The number of carboxylic acids is 1. The summed E-state index contributed by atoms with van der Waals surface area (Å²) >= 11 is 0. The maximum absolute atomic E-state index is 10.9. The van der Waals surface area contributed by atoms with Crippen molar-refractivity contribution in [3.8, 4) is 0 Å². The number of pyridine rings is 1. The van der Waals surface area contributed by atoms with Gasteiger partial charge in [-0.1, -0.05) is 6.07 Å². The van der Waals surface area contributed by atoms with Gasteiger partial charge >= 0.3 is 5.97 Å². The molecule has 2 aromatic heterocycles. The molecule has 104 valence electrons. The topological polar surface area (TPSA) is 92.9 Å². The number of anilines is 1. The molecule has 0 radical (unpaired) electrons. The van der Waals surface area contributed by atoms with Gasteiger partial charge in [0.15, 0.2) is 11.5 Å². The summed E-state index contributed by atoms with van der Waals surface area (Å²) in [7, 11) is 0. The molecule has 0 aliphatic carbocycles. The maximum Gasteiger partial charge on any atom is 0.354 e. The van der Waals surface area contributed by atoms with E-state index >= 15 is 0 Å². The third kappa shape index (κ3) is 2.47. The molecule has 2 aromatic rings. The Morgan fingerprint density at radius 1 is 1.35 bits per heavy atom. The van der Waals surface area contributed by atoms with E-state index in [-0.39, 0.29) is 5.69 Å².